The Kier molecular flexibility index (Phi) is 5.08. The van der Waals surface area contributed by atoms with E-state index in [0.29, 0.717) is 0 Å². The van der Waals surface area contributed by atoms with E-state index in [2.05, 4.69) is 99.9 Å². The third-order valence-corrected chi connectivity index (χ3v) is 8.63. The fourth-order valence-electron chi connectivity index (χ4n) is 5.32. The third-order valence-electron chi connectivity index (χ3n) is 6.77. The normalized spacial score (nSPS) is 21.7. The average Bonchev–Trinajstić information content (AvgIpc) is 3.34. The molecule has 0 saturated heterocycles. The summed E-state index contributed by atoms with van der Waals surface area (Å²) in [5.74, 6) is 1.23. The number of nitrogens with one attached hydrogen (secondary N) is 1. The Labute approximate surface area is 199 Å². The molecular weight excluding hydrogens is 434 g/mol. The molecule has 2 heterocycles. The van der Waals surface area contributed by atoms with Gasteiger partial charge in [0.05, 0.1) is 15.5 Å². The molecule has 3 aliphatic rings. The Morgan fingerprint density at radius 2 is 1.41 bits per heavy atom. The second-order valence-electron chi connectivity index (χ2n) is 8.76. The molecule has 0 radical (unpaired) electrons. The van der Waals surface area contributed by atoms with Crippen LogP contribution in [0.3, 0.4) is 0 Å². The van der Waals surface area contributed by atoms with Gasteiger partial charge in [0, 0.05) is 10.7 Å². The maximum Gasteiger partial charge on any atom is 0.138 e. The van der Waals surface area contributed by atoms with E-state index in [1.807, 2.05) is 12.1 Å². The Morgan fingerprint density at radius 1 is 0.781 bits per heavy atom. The highest BCUT2D eigenvalue weighted by molar-refractivity contribution is 8.04. The summed E-state index contributed by atoms with van der Waals surface area (Å²) in [6.45, 7) is 0. The van der Waals surface area contributed by atoms with E-state index in [1.54, 1.807) is 0 Å². The van der Waals surface area contributed by atoms with Crippen LogP contribution in [0.5, 0.6) is 0 Å². The van der Waals surface area contributed by atoms with Crippen molar-refractivity contribution in [3.63, 3.8) is 0 Å². The van der Waals surface area contributed by atoms with Crippen molar-refractivity contribution in [2.45, 2.75) is 43.0 Å². The molecule has 1 atom stereocenters. The van der Waals surface area contributed by atoms with Crippen molar-refractivity contribution >= 4 is 34.7 Å². The van der Waals surface area contributed by atoms with Gasteiger partial charge in [-0.25, -0.2) is 0 Å². The molecule has 0 aromatic heterocycles. The van der Waals surface area contributed by atoms with Crippen LogP contribution in [-0.4, -0.2) is 4.87 Å². The van der Waals surface area contributed by atoms with Crippen LogP contribution in [0.1, 0.15) is 43.7 Å². The molecule has 3 aromatic rings. The zero-order valence-corrected chi connectivity index (χ0v) is 19.4. The smallest absolute Gasteiger partial charge is 0.138 e. The number of anilines is 2. The molecule has 0 amide bonds. The van der Waals surface area contributed by atoms with E-state index in [-0.39, 0.29) is 10.9 Å². The van der Waals surface area contributed by atoms with E-state index in [4.69, 9.17) is 11.6 Å². The summed E-state index contributed by atoms with van der Waals surface area (Å²) in [5, 5.41) is 3.08. The lowest BCUT2D eigenvalue weighted by molar-refractivity contribution is 0.394. The van der Waals surface area contributed by atoms with Crippen molar-refractivity contribution in [2.24, 2.45) is 0 Å². The maximum absolute atomic E-state index is 6.25. The molecule has 162 valence electrons. The topological polar surface area (TPSA) is 18.5 Å². The lowest BCUT2D eigenvalue weighted by Gasteiger charge is -2.45. The first-order valence-corrected chi connectivity index (χ1v) is 12.6. The second kappa shape index (κ2) is 8.09. The van der Waals surface area contributed by atoms with Crippen molar-refractivity contribution < 1.29 is 0 Å². The zero-order valence-electron chi connectivity index (χ0n) is 17.9. The fraction of sp³-hybridized carbons (Fsp3) is 0.259. The zero-order chi connectivity index (χ0) is 21.5. The van der Waals surface area contributed by atoms with Crippen LogP contribution in [0.2, 0.25) is 5.02 Å². The first-order valence-electron chi connectivity index (χ1n) is 11.4. The number of hydrogen-bond acceptors (Lipinski definition) is 4. The van der Waals surface area contributed by atoms with Crippen molar-refractivity contribution in [3.05, 3.63) is 106 Å². The summed E-state index contributed by atoms with van der Waals surface area (Å²) in [5.41, 5.74) is 7.52. The van der Waals surface area contributed by atoms with E-state index < -0.39 is 0 Å². The molecule has 1 unspecified atom stereocenters. The summed E-state index contributed by atoms with van der Waals surface area (Å²) < 4.78 is 0. The summed E-state index contributed by atoms with van der Waals surface area (Å²) >= 11 is 8.33. The van der Waals surface area contributed by atoms with Crippen molar-refractivity contribution in [3.8, 4) is 0 Å². The van der Waals surface area contributed by atoms with Gasteiger partial charge in [0.15, 0.2) is 0 Å². The lowest BCUT2D eigenvalue weighted by atomic mass is 9.93. The molecule has 5 heteroatoms. The summed E-state index contributed by atoms with van der Waals surface area (Å²) in [6.07, 6.45) is 6.31. The monoisotopic (exact) mass is 459 g/mol. The summed E-state index contributed by atoms with van der Waals surface area (Å²) in [6, 6.07) is 30.0. The number of halogens is 1. The molecule has 2 aliphatic heterocycles. The van der Waals surface area contributed by atoms with Crippen LogP contribution in [0.15, 0.2) is 95.7 Å². The molecule has 1 spiro atoms. The quantitative estimate of drug-likeness (QED) is 0.437. The summed E-state index contributed by atoms with van der Waals surface area (Å²) in [7, 11) is 0. The van der Waals surface area contributed by atoms with Gasteiger partial charge in [-0.15, -0.1) is 0 Å². The molecule has 0 bridgehead atoms. The molecule has 32 heavy (non-hydrogen) atoms. The van der Waals surface area contributed by atoms with E-state index in [9.17, 15) is 0 Å². The van der Waals surface area contributed by atoms with E-state index in [1.165, 1.54) is 54.1 Å². The molecule has 6 rings (SSSR count). The largest absolute Gasteiger partial charge is 0.311 e. The molecule has 1 saturated carbocycles. The first kappa shape index (κ1) is 20.1. The van der Waals surface area contributed by atoms with Crippen molar-refractivity contribution in [1.29, 1.82) is 0 Å². The molecule has 1 N–H and O–H groups in total. The van der Waals surface area contributed by atoms with Gasteiger partial charge in [-0.05, 0) is 54.8 Å². The first-order chi connectivity index (χ1) is 15.8. The Balaban J connectivity index is 1.49. The van der Waals surface area contributed by atoms with Gasteiger partial charge in [0.2, 0.25) is 0 Å². The number of hydrogen-bond donors (Lipinski definition) is 1. The van der Waals surface area contributed by atoms with Gasteiger partial charge in [-0.2, -0.15) is 0 Å². The molecular formula is C27H26ClN3S. The highest BCUT2D eigenvalue weighted by Crippen LogP contribution is 2.60. The Hall–Kier alpha value is -2.56. The number of benzene rings is 3. The fourth-order valence-corrected chi connectivity index (χ4v) is 7.22. The van der Waals surface area contributed by atoms with Crippen molar-refractivity contribution in [1.82, 2.24) is 5.43 Å². The van der Waals surface area contributed by atoms with Gasteiger partial charge >= 0.3 is 0 Å². The number of para-hydroxylation sites is 2. The highest BCUT2D eigenvalue weighted by Gasteiger charge is 2.53. The second-order valence-corrected chi connectivity index (χ2v) is 10.6. The predicted molar refractivity (Wildman–Crippen MR) is 136 cm³/mol. The predicted octanol–water partition coefficient (Wildman–Crippen LogP) is 7.49. The van der Waals surface area contributed by atoms with Crippen LogP contribution in [-0.2, 0) is 0 Å². The number of thioether (sulfide) groups is 1. The van der Waals surface area contributed by atoms with Crippen LogP contribution in [0, 0.1) is 0 Å². The van der Waals surface area contributed by atoms with Gasteiger partial charge in [-0.3, -0.25) is 10.4 Å². The number of hydrazine groups is 1. The molecule has 1 aliphatic carbocycles. The van der Waals surface area contributed by atoms with E-state index >= 15 is 0 Å². The Bertz CT molecular complexity index is 1120. The highest BCUT2D eigenvalue weighted by atomic mass is 35.5. The van der Waals surface area contributed by atoms with Gasteiger partial charge in [-0.1, -0.05) is 91.2 Å². The number of nitrogens with zero attached hydrogens (tertiary/aromatic N) is 2. The SMILES string of the molecule is Clc1ccc(C2C3=C(NN2c2ccccc2)N(c2ccccc2)C2(CCCCC2)S3)cc1. The minimum absolute atomic E-state index is 0.0880. The van der Waals surface area contributed by atoms with Crippen LogP contribution in [0.4, 0.5) is 11.4 Å². The average molecular weight is 460 g/mol. The van der Waals surface area contributed by atoms with Crippen LogP contribution >= 0.6 is 23.4 Å². The third kappa shape index (κ3) is 3.28. The lowest BCUT2D eigenvalue weighted by Crippen LogP contribution is -2.49. The molecule has 1 fully saturated rings. The van der Waals surface area contributed by atoms with Crippen LogP contribution in [0.25, 0.3) is 0 Å². The van der Waals surface area contributed by atoms with Gasteiger partial charge in [0.25, 0.3) is 0 Å². The maximum atomic E-state index is 6.25. The molecule has 3 aromatic carbocycles. The van der Waals surface area contributed by atoms with Crippen molar-refractivity contribution in [2.75, 3.05) is 9.91 Å². The number of rotatable bonds is 3. The Morgan fingerprint density at radius 3 is 2.06 bits per heavy atom. The standard InChI is InChI=1S/C27H26ClN3S/c28-21-16-14-20(15-17-21)24-25-26(29-31(24)23-12-6-2-7-13-23)30(22-10-4-1-5-11-22)27(32-25)18-8-3-9-19-27/h1-2,4-7,10-17,24,29H,3,8-9,18-19H2. The molecule has 3 nitrogen and oxygen atoms in total. The minimum atomic E-state index is 0.0880. The van der Waals surface area contributed by atoms with Gasteiger partial charge < -0.3 is 4.90 Å². The van der Waals surface area contributed by atoms with E-state index in [0.717, 1.165) is 10.7 Å². The van der Waals surface area contributed by atoms with Crippen LogP contribution < -0.4 is 15.3 Å². The van der Waals surface area contributed by atoms with Gasteiger partial charge in [0.1, 0.15) is 11.9 Å². The minimum Gasteiger partial charge on any atom is -0.311 e. The summed E-state index contributed by atoms with van der Waals surface area (Å²) in [4.78, 5) is 4.09.